The zero-order valence-electron chi connectivity index (χ0n) is 11.9. The van der Waals surface area contributed by atoms with Gasteiger partial charge in [-0.05, 0) is 49.4 Å². The van der Waals surface area contributed by atoms with Crippen LogP contribution in [0.3, 0.4) is 0 Å². The van der Waals surface area contributed by atoms with Crippen molar-refractivity contribution >= 4 is 11.6 Å². The van der Waals surface area contributed by atoms with Crippen LogP contribution in [-0.2, 0) is 4.79 Å². The Morgan fingerprint density at radius 2 is 1.94 bits per heavy atom. The Hall–Kier alpha value is -1.64. The lowest BCUT2D eigenvalue weighted by Gasteiger charge is -2.06. The Morgan fingerprint density at radius 3 is 2.50 bits per heavy atom. The van der Waals surface area contributed by atoms with Crippen LogP contribution < -0.4 is 5.43 Å². The first-order valence-corrected chi connectivity index (χ1v) is 6.31. The number of hydrazone groups is 1. The molecule has 0 aromatic heterocycles. The van der Waals surface area contributed by atoms with Crippen LogP contribution in [0.25, 0.3) is 0 Å². The standard InChI is InChI=1S/C15H22N2O/c1-10(2)8-15(18)17-16-13(5)14-7-6-11(3)12(4)9-14/h6-7,9-10H,8H2,1-5H3,(H,17,18)/b16-13+. The molecule has 0 heterocycles. The number of hydrogen-bond acceptors (Lipinski definition) is 2. The fraction of sp³-hybridized carbons (Fsp3) is 0.467. The Bertz CT molecular complexity index is 462. The van der Waals surface area contributed by atoms with Crippen molar-refractivity contribution in [1.29, 1.82) is 0 Å². The molecule has 98 valence electrons. The topological polar surface area (TPSA) is 41.5 Å². The zero-order valence-corrected chi connectivity index (χ0v) is 11.9. The molecular weight excluding hydrogens is 224 g/mol. The third kappa shape index (κ3) is 4.32. The first-order chi connectivity index (χ1) is 8.40. The van der Waals surface area contributed by atoms with E-state index in [9.17, 15) is 4.79 Å². The van der Waals surface area contributed by atoms with Gasteiger partial charge in [0, 0.05) is 6.42 Å². The molecule has 0 aliphatic heterocycles. The molecule has 0 radical (unpaired) electrons. The van der Waals surface area contributed by atoms with Gasteiger partial charge in [0.2, 0.25) is 5.91 Å². The number of nitrogens with zero attached hydrogens (tertiary/aromatic N) is 1. The summed E-state index contributed by atoms with van der Waals surface area (Å²) >= 11 is 0. The molecule has 0 fully saturated rings. The number of rotatable bonds is 4. The molecule has 3 heteroatoms. The van der Waals surface area contributed by atoms with Gasteiger partial charge < -0.3 is 0 Å². The van der Waals surface area contributed by atoms with Crippen molar-refractivity contribution < 1.29 is 4.79 Å². The van der Waals surface area contributed by atoms with Gasteiger partial charge in [0.05, 0.1) is 5.71 Å². The van der Waals surface area contributed by atoms with Gasteiger partial charge >= 0.3 is 0 Å². The minimum atomic E-state index is -0.0341. The molecule has 0 atom stereocenters. The molecule has 0 saturated carbocycles. The summed E-state index contributed by atoms with van der Waals surface area (Å²) in [6.07, 6.45) is 0.504. The second-order valence-electron chi connectivity index (χ2n) is 5.13. The van der Waals surface area contributed by atoms with E-state index in [0.29, 0.717) is 12.3 Å². The van der Waals surface area contributed by atoms with E-state index >= 15 is 0 Å². The molecule has 1 amide bonds. The van der Waals surface area contributed by atoms with Crippen molar-refractivity contribution in [3.05, 3.63) is 34.9 Å². The molecule has 0 spiro atoms. The Morgan fingerprint density at radius 1 is 1.28 bits per heavy atom. The molecule has 1 aromatic rings. The first-order valence-electron chi connectivity index (χ1n) is 6.31. The van der Waals surface area contributed by atoms with Crippen LogP contribution in [0.2, 0.25) is 0 Å². The molecule has 1 N–H and O–H groups in total. The van der Waals surface area contributed by atoms with Crippen molar-refractivity contribution in [1.82, 2.24) is 5.43 Å². The lowest BCUT2D eigenvalue weighted by atomic mass is 10.0. The average molecular weight is 246 g/mol. The number of carbonyl (C=O) groups excluding carboxylic acids is 1. The van der Waals surface area contributed by atoms with Crippen molar-refractivity contribution in [2.75, 3.05) is 0 Å². The van der Waals surface area contributed by atoms with E-state index in [1.807, 2.05) is 26.8 Å². The molecule has 3 nitrogen and oxygen atoms in total. The van der Waals surface area contributed by atoms with E-state index in [1.165, 1.54) is 11.1 Å². The third-order valence-corrected chi connectivity index (χ3v) is 2.87. The fourth-order valence-electron chi connectivity index (χ4n) is 1.59. The normalized spacial score (nSPS) is 11.8. The van der Waals surface area contributed by atoms with Crippen molar-refractivity contribution in [3.8, 4) is 0 Å². The Labute approximate surface area is 109 Å². The number of carbonyl (C=O) groups is 1. The van der Waals surface area contributed by atoms with E-state index in [4.69, 9.17) is 0 Å². The highest BCUT2D eigenvalue weighted by Crippen LogP contribution is 2.10. The van der Waals surface area contributed by atoms with Crippen LogP contribution in [0.1, 0.15) is 43.9 Å². The number of amides is 1. The lowest BCUT2D eigenvalue weighted by molar-refractivity contribution is -0.121. The van der Waals surface area contributed by atoms with E-state index in [0.717, 1.165) is 11.3 Å². The number of aryl methyl sites for hydroxylation is 2. The van der Waals surface area contributed by atoms with Gasteiger partial charge in [-0.2, -0.15) is 5.10 Å². The van der Waals surface area contributed by atoms with Gasteiger partial charge in [0.15, 0.2) is 0 Å². The highest BCUT2D eigenvalue weighted by Gasteiger charge is 2.04. The predicted octanol–water partition coefficient (Wildman–Crippen LogP) is 3.19. The SMILES string of the molecule is C/C(=N\NC(=O)CC(C)C)c1ccc(C)c(C)c1. The Kier molecular flexibility index (Phi) is 5.08. The minimum Gasteiger partial charge on any atom is -0.273 e. The summed E-state index contributed by atoms with van der Waals surface area (Å²) in [5, 5.41) is 4.14. The van der Waals surface area contributed by atoms with Crippen LogP contribution in [-0.4, -0.2) is 11.6 Å². The van der Waals surface area contributed by atoms with Gasteiger partial charge in [-0.25, -0.2) is 5.43 Å². The van der Waals surface area contributed by atoms with E-state index in [-0.39, 0.29) is 5.91 Å². The van der Waals surface area contributed by atoms with Crippen LogP contribution in [0.15, 0.2) is 23.3 Å². The molecule has 1 aromatic carbocycles. The van der Waals surface area contributed by atoms with Gasteiger partial charge in [-0.1, -0.05) is 26.0 Å². The van der Waals surface area contributed by atoms with Crippen LogP contribution in [0.4, 0.5) is 0 Å². The molecule has 0 saturated heterocycles. The summed E-state index contributed by atoms with van der Waals surface area (Å²) in [4.78, 5) is 11.5. The average Bonchev–Trinajstić information content (AvgIpc) is 2.28. The molecule has 0 bridgehead atoms. The molecule has 0 unspecified atom stereocenters. The summed E-state index contributed by atoms with van der Waals surface area (Å²) in [7, 11) is 0. The molecule has 18 heavy (non-hydrogen) atoms. The van der Waals surface area contributed by atoms with Gasteiger partial charge in [-0.3, -0.25) is 4.79 Å². The molecule has 1 rings (SSSR count). The van der Waals surface area contributed by atoms with Crippen LogP contribution in [0.5, 0.6) is 0 Å². The van der Waals surface area contributed by atoms with Crippen LogP contribution in [0, 0.1) is 19.8 Å². The first kappa shape index (κ1) is 14.4. The van der Waals surface area contributed by atoms with Crippen molar-refractivity contribution in [3.63, 3.8) is 0 Å². The summed E-state index contributed by atoms with van der Waals surface area (Å²) in [6.45, 7) is 10.1. The molecular formula is C15H22N2O. The minimum absolute atomic E-state index is 0.0341. The number of hydrogen-bond donors (Lipinski definition) is 1. The number of nitrogens with one attached hydrogen (secondary N) is 1. The van der Waals surface area contributed by atoms with Crippen molar-refractivity contribution in [2.24, 2.45) is 11.0 Å². The highest BCUT2D eigenvalue weighted by atomic mass is 16.2. The van der Waals surface area contributed by atoms with E-state index in [2.05, 4.69) is 36.5 Å². The molecule has 0 aliphatic rings. The van der Waals surface area contributed by atoms with Gasteiger partial charge in [0.25, 0.3) is 0 Å². The van der Waals surface area contributed by atoms with Crippen molar-refractivity contribution in [2.45, 2.75) is 41.0 Å². The second kappa shape index (κ2) is 6.34. The quantitative estimate of drug-likeness (QED) is 0.643. The van der Waals surface area contributed by atoms with Crippen LogP contribution >= 0.6 is 0 Å². The van der Waals surface area contributed by atoms with Gasteiger partial charge in [-0.15, -0.1) is 0 Å². The van der Waals surface area contributed by atoms with Gasteiger partial charge in [0.1, 0.15) is 0 Å². The maximum Gasteiger partial charge on any atom is 0.240 e. The predicted molar refractivity (Wildman–Crippen MR) is 75.7 cm³/mol. The van der Waals surface area contributed by atoms with E-state index in [1.54, 1.807) is 0 Å². The third-order valence-electron chi connectivity index (χ3n) is 2.87. The largest absolute Gasteiger partial charge is 0.273 e. The summed E-state index contributed by atoms with van der Waals surface area (Å²) in [5.41, 5.74) is 6.96. The van der Waals surface area contributed by atoms with E-state index < -0.39 is 0 Å². The number of benzene rings is 1. The maximum atomic E-state index is 11.5. The maximum absolute atomic E-state index is 11.5. The highest BCUT2D eigenvalue weighted by molar-refractivity contribution is 5.99. The summed E-state index contributed by atoms with van der Waals surface area (Å²) < 4.78 is 0. The summed E-state index contributed by atoms with van der Waals surface area (Å²) in [6, 6.07) is 6.18. The second-order valence-corrected chi connectivity index (χ2v) is 5.13. The lowest BCUT2D eigenvalue weighted by Crippen LogP contribution is -2.20. The Balaban J connectivity index is 2.71. The fourth-order valence-corrected chi connectivity index (χ4v) is 1.59. The zero-order chi connectivity index (χ0) is 13.7. The smallest absolute Gasteiger partial charge is 0.240 e. The summed E-state index contributed by atoms with van der Waals surface area (Å²) in [5.74, 6) is 0.315. The molecule has 0 aliphatic carbocycles. The monoisotopic (exact) mass is 246 g/mol.